The second-order valence-electron chi connectivity index (χ2n) is 8.95. The van der Waals surface area contributed by atoms with Crippen LogP contribution < -0.4 is 0 Å². The van der Waals surface area contributed by atoms with E-state index >= 15 is 0 Å². The van der Waals surface area contributed by atoms with Gasteiger partial charge in [0.05, 0.1) is 17.9 Å². The number of hydrogen-bond acceptors (Lipinski definition) is 5. The molecule has 2 aliphatic carbocycles. The van der Waals surface area contributed by atoms with Crippen LogP contribution in [-0.4, -0.2) is 36.8 Å². The number of allylic oxidation sites excluding steroid dienone is 3. The Balaban J connectivity index is 1.90. The highest BCUT2D eigenvalue weighted by molar-refractivity contribution is 5.76. The lowest BCUT2D eigenvalue weighted by Gasteiger charge is -2.44. The highest BCUT2D eigenvalue weighted by Gasteiger charge is 2.43. The van der Waals surface area contributed by atoms with Crippen molar-refractivity contribution >= 4 is 11.9 Å². The van der Waals surface area contributed by atoms with Gasteiger partial charge in [0.15, 0.2) is 0 Å². The van der Waals surface area contributed by atoms with Gasteiger partial charge in [-0.15, -0.1) is 0 Å². The third-order valence-corrected chi connectivity index (χ3v) is 6.36. The molecule has 1 saturated heterocycles. The smallest absolute Gasteiger partial charge is 0.311 e. The number of carbonyl (C=O) groups is 2. The molecule has 30 heavy (non-hydrogen) atoms. The average Bonchev–Trinajstić information content (AvgIpc) is 2.83. The van der Waals surface area contributed by atoms with Crippen molar-refractivity contribution in [3.05, 3.63) is 23.8 Å². The Hall–Kier alpha value is -1.62. The van der Waals surface area contributed by atoms with Crippen LogP contribution in [0.25, 0.3) is 0 Å². The van der Waals surface area contributed by atoms with Crippen LogP contribution in [0.5, 0.6) is 0 Å². The molecule has 0 saturated carbocycles. The number of aliphatic hydroxyl groups is 1. The predicted molar refractivity (Wildman–Crippen MR) is 115 cm³/mol. The number of fused-ring (bicyclic) bond motifs is 1. The lowest BCUT2D eigenvalue weighted by atomic mass is 9.65. The van der Waals surface area contributed by atoms with E-state index in [-0.39, 0.29) is 24.2 Å². The summed E-state index contributed by atoms with van der Waals surface area (Å²) in [6, 6.07) is 0. The summed E-state index contributed by atoms with van der Waals surface area (Å²) in [6.07, 6.45) is -1.78. The van der Waals surface area contributed by atoms with E-state index in [4.69, 9.17) is 24.6 Å². The van der Waals surface area contributed by atoms with Gasteiger partial charge in [0.1, 0.15) is 12.2 Å². The molecule has 3 rings (SSSR count). The number of rotatable bonds is 7. The van der Waals surface area contributed by atoms with Crippen LogP contribution in [0.15, 0.2) is 23.8 Å². The Morgan fingerprint density at radius 1 is 1.47 bits per heavy atom. The quantitative estimate of drug-likeness (QED) is 0.600. The fourth-order valence-corrected chi connectivity index (χ4v) is 4.75. The maximum Gasteiger partial charge on any atom is 0.311 e. The van der Waals surface area contributed by atoms with E-state index in [0.29, 0.717) is 19.3 Å². The zero-order chi connectivity index (χ0) is 31.3. The van der Waals surface area contributed by atoms with Gasteiger partial charge in [-0.2, -0.15) is 0 Å². The van der Waals surface area contributed by atoms with E-state index in [1.165, 1.54) is 0 Å². The molecule has 1 fully saturated rings. The molecule has 1 heterocycles. The first-order valence-corrected chi connectivity index (χ1v) is 10.5. The zero-order valence-corrected chi connectivity index (χ0v) is 17.6. The molecule has 0 bridgehead atoms. The molecule has 168 valence electrons. The monoisotopic (exact) mass is 429 g/mol. The Morgan fingerprint density at radius 2 is 2.30 bits per heavy atom. The highest BCUT2D eigenvalue weighted by atomic mass is 16.6. The number of aliphatic hydroxyl groups excluding tert-OH is 1. The number of cyclic esters (lactones) is 1. The van der Waals surface area contributed by atoms with Crippen molar-refractivity contribution in [2.45, 2.75) is 91.2 Å². The summed E-state index contributed by atoms with van der Waals surface area (Å²) in [7, 11) is 0. The summed E-state index contributed by atoms with van der Waals surface area (Å²) < 4.78 is 97.1. The SMILES string of the molecule is [2H]O[C@@H]1CC(CC[C@@H]2[C@@H]3C(=C[C@H](C)C[C@@H]3OC(=O)C(C)(C([2H])([2H])[2H])C([2H])([2H])C([2H])([2H])[2H])C=C[C@@H]2C)OC(=O)C1([2H])[2H]. The average molecular weight is 430 g/mol. The Labute approximate surface area is 196 Å². The van der Waals surface area contributed by atoms with Crippen molar-refractivity contribution in [2.24, 2.45) is 29.1 Å². The molecule has 0 spiro atoms. The zero-order valence-electron chi connectivity index (χ0n) is 28.6. The van der Waals surface area contributed by atoms with Gasteiger partial charge in [-0.3, -0.25) is 9.59 Å². The molecular formula is C25H38O5. The number of carbonyl (C=O) groups excluding carboxylic acids is 2. The minimum Gasteiger partial charge on any atom is -0.462 e. The molecule has 5 nitrogen and oxygen atoms in total. The molecule has 1 N–H and O–H groups in total. The van der Waals surface area contributed by atoms with Crippen molar-refractivity contribution in [3.8, 4) is 0 Å². The lowest BCUT2D eigenvalue weighted by Crippen LogP contribution is -2.43. The molecule has 3 aliphatic rings. The fraction of sp³-hybridized carbons (Fsp3) is 0.760. The highest BCUT2D eigenvalue weighted by Crippen LogP contribution is 2.45. The van der Waals surface area contributed by atoms with Crippen LogP contribution >= 0.6 is 0 Å². The second kappa shape index (κ2) is 9.25. The Bertz CT molecular complexity index is 1070. The van der Waals surface area contributed by atoms with E-state index in [0.717, 1.165) is 12.5 Å². The molecule has 0 aromatic rings. The summed E-state index contributed by atoms with van der Waals surface area (Å²) in [4.78, 5) is 25.8. The van der Waals surface area contributed by atoms with Gasteiger partial charge in [0.25, 0.3) is 0 Å². The third kappa shape index (κ3) is 5.16. The standard InChI is InChI=1S/C25H38O5/c1-6-25(4,5)24(28)30-21-12-15(2)11-17-8-7-16(3)20(23(17)21)10-9-19-13-18(26)14-22(27)29-19/h7-8,11,15-16,18-21,23,26H,6,9-10,12-14H2,1-5H3/t15-,16-,18+,19?,20-,21-,23-/m0/s1/i1D3,4D3,6D2,14D2,26D/t15-,16-,18+,19?,20-,21-,23-,25?. The first kappa shape index (κ1) is 12.4. The Morgan fingerprint density at radius 3 is 3.03 bits per heavy atom. The van der Waals surface area contributed by atoms with Crippen LogP contribution in [0, 0.1) is 29.1 Å². The van der Waals surface area contributed by atoms with Crippen molar-refractivity contribution in [1.82, 2.24) is 0 Å². The molecule has 5 heteroatoms. The van der Waals surface area contributed by atoms with Gasteiger partial charge in [-0.1, -0.05) is 38.9 Å². The van der Waals surface area contributed by atoms with Crippen molar-refractivity contribution < 1.29 is 37.9 Å². The second-order valence-corrected chi connectivity index (χ2v) is 8.95. The minimum absolute atomic E-state index is 0.0108. The van der Waals surface area contributed by atoms with Crippen LogP contribution in [0.4, 0.5) is 0 Å². The van der Waals surface area contributed by atoms with E-state index < -0.39 is 68.0 Å². The van der Waals surface area contributed by atoms with Crippen molar-refractivity contribution in [2.75, 3.05) is 0 Å². The first-order chi connectivity index (χ1) is 18.6. The molecule has 0 aromatic carbocycles. The first-order valence-electron chi connectivity index (χ1n) is 15.9. The number of hydrogen-bond donors (Lipinski definition) is 1. The van der Waals surface area contributed by atoms with E-state index in [2.05, 4.69) is 5.11 Å². The summed E-state index contributed by atoms with van der Waals surface area (Å²) in [6.45, 7) is -2.12. The largest absolute Gasteiger partial charge is 0.462 e. The molecule has 0 aromatic heterocycles. The van der Waals surface area contributed by atoms with Crippen LogP contribution in [-0.2, 0) is 19.1 Å². The van der Waals surface area contributed by atoms with Crippen LogP contribution in [0.2, 0.25) is 0 Å². The van der Waals surface area contributed by atoms with Gasteiger partial charge in [0, 0.05) is 26.0 Å². The Kier molecular flexibility index (Phi) is 3.83. The topological polar surface area (TPSA) is 72.8 Å². The normalized spacial score (nSPS) is 46.5. The summed E-state index contributed by atoms with van der Waals surface area (Å²) in [5, 5.41) is 4.47. The van der Waals surface area contributed by atoms with Gasteiger partial charge in [-0.25, -0.2) is 0 Å². The minimum atomic E-state index is -3.42. The molecule has 2 unspecified atom stereocenters. The molecular weight excluding hydrogens is 380 g/mol. The molecule has 1 aliphatic heterocycles. The van der Waals surface area contributed by atoms with Crippen molar-refractivity contribution in [3.63, 3.8) is 0 Å². The van der Waals surface area contributed by atoms with Crippen molar-refractivity contribution in [1.29, 1.82) is 1.43 Å². The maximum atomic E-state index is 13.6. The summed E-state index contributed by atoms with van der Waals surface area (Å²) >= 11 is 0. The third-order valence-electron chi connectivity index (χ3n) is 6.36. The van der Waals surface area contributed by atoms with E-state index in [1.807, 2.05) is 32.1 Å². The van der Waals surface area contributed by atoms with Crippen LogP contribution in [0.1, 0.15) is 86.6 Å². The molecule has 8 atom stereocenters. The van der Waals surface area contributed by atoms with Crippen LogP contribution in [0.3, 0.4) is 0 Å². The van der Waals surface area contributed by atoms with E-state index in [1.54, 1.807) is 0 Å². The van der Waals surface area contributed by atoms with Gasteiger partial charge in [0.2, 0.25) is 1.43 Å². The molecule has 0 amide bonds. The number of esters is 2. The van der Waals surface area contributed by atoms with Gasteiger partial charge in [-0.05, 0) is 62.7 Å². The fourth-order valence-electron chi connectivity index (χ4n) is 4.75. The maximum absolute atomic E-state index is 13.6. The van der Waals surface area contributed by atoms with Gasteiger partial charge < -0.3 is 14.6 Å². The molecule has 0 radical (unpaired) electrons. The predicted octanol–water partition coefficient (Wildman–Crippen LogP) is 4.59. The van der Waals surface area contributed by atoms with E-state index in [9.17, 15) is 9.59 Å². The lowest BCUT2D eigenvalue weighted by molar-refractivity contribution is -0.166. The number of ether oxygens (including phenoxy) is 2. The summed E-state index contributed by atoms with van der Waals surface area (Å²) in [5.41, 5.74) is -2.13. The van der Waals surface area contributed by atoms with Gasteiger partial charge >= 0.3 is 11.9 Å². The summed E-state index contributed by atoms with van der Waals surface area (Å²) in [5.74, 6) is -3.30.